The summed E-state index contributed by atoms with van der Waals surface area (Å²) in [6, 6.07) is 15.6. The van der Waals surface area contributed by atoms with Gasteiger partial charge in [-0.2, -0.15) is 5.26 Å². The predicted octanol–water partition coefficient (Wildman–Crippen LogP) is 4.74. The number of nitrogens with one attached hydrogen (secondary N) is 1. The molecule has 1 aliphatic heterocycles. The molecule has 0 saturated carbocycles. The van der Waals surface area contributed by atoms with Gasteiger partial charge in [0.05, 0.1) is 20.3 Å². The van der Waals surface area contributed by atoms with E-state index in [0.29, 0.717) is 29.9 Å². The lowest BCUT2D eigenvalue weighted by Crippen LogP contribution is -2.45. The Balaban J connectivity index is 1.94. The number of hydrogen-bond acceptors (Lipinski definition) is 5. The highest BCUT2D eigenvalue weighted by Crippen LogP contribution is 2.47. The highest BCUT2D eigenvalue weighted by atomic mass is 16.5. The van der Waals surface area contributed by atoms with Gasteiger partial charge in [-0.15, -0.1) is 0 Å². The van der Waals surface area contributed by atoms with E-state index in [2.05, 4.69) is 6.07 Å². The number of benzene rings is 2. The molecule has 2 aromatic carbocycles. The Morgan fingerprint density at radius 3 is 2.55 bits per heavy atom. The quantitative estimate of drug-likeness (QED) is 0.779. The summed E-state index contributed by atoms with van der Waals surface area (Å²) < 4.78 is 10.8. The number of ketones is 1. The number of anilines is 1. The van der Waals surface area contributed by atoms with Gasteiger partial charge in [0.15, 0.2) is 17.3 Å². The predicted molar refractivity (Wildman–Crippen MR) is 119 cm³/mol. The number of ether oxygens (including phenoxy) is 2. The molecule has 4 rings (SSSR count). The van der Waals surface area contributed by atoms with Gasteiger partial charge in [-0.25, -0.2) is 0 Å². The number of nitriles is 1. The van der Waals surface area contributed by atoms with Crippen molar-refractivity contribution >= 4 is 17.3 Å². The summed E-state index contributed by atoms with van der Waals surface area (Å²) in [5.41, 5.74) is 4.13. The zero-order chi connectivity index (χ0) is 22.1. The molecule has 31 heavy (non-hydrogen) atoms. The van der Waals surface area contributed by atoms with E-state index in [0.717, 1.165) is 28.9 Å². The molecule has 2 atom stereocenters. The first-order chi connectivity index (χ1) is 15.0. The molecule has 158 valence electrons. The molecule has 1 N–H and O–H groups in total. The maximum absolute atomic E-state index is 13.2. The Hall–Kier alpha value is -3.59. The maximum Gasteiger partial charge on any atom is 0.161 e. The molecular formula is C25H25N3O3. The Morgan fingerprint density at radius 2 is 1.87 bits per heavy atom. The lowest BCUT2D eigenvalue weighted by atomic mass is 9.71. The molecule has 0 aromatic heterocycles. The van der Waals surface area contributed by atoms with E-state index < -0.39 is 11.8 Å². The molecule has 0 fully saturated rings. The molecule has 0 saturated heterocycles. The van der Waals surface area contributed by atoms with E-state index in [-0.39, 0.29) is 11.6 Å². The van der Waals surface area contributed by atoms with Crippen LogP contribution >= 0.6 is 0 Å². The zero-order valence-corrected chi connectivity index (χ0v) is 17.9. The van der Waals surface area contributed by atoms with Gasteiger partial charge in [0.1, 0.15) is 11.8 Å². The molecular weight excluding hydrogens is 390 g/mol. The van der Waals surface area contributed by atoms with Crippen molar-refractivity contribution in [2.24, 2.45) is 5.92 Å². The molecule has 2 aromatic rings. The molecule has 6 nitrogen and oxygen atoms in total. The number of carbonyl (C=O) groups is 1. The van der Waals surface area contributed by atoms with Gasteiger partial charge in [0.2, 0.25) is 0 Å². The van der Waals surface area contributed by atoms with Crippen LogP contribution in [0.3, 0.4) is 0 Å². The number of nitrogens with zero attached hydrogens (tertiary/aromatic N) is 2. The first kappa shape index (κ1) is 20.7. The largest absolute Gasteiger partial charge is 0.493 e. The van der Waals surface area contributed by atoms with Crippen molar-refractivity contribution in [3.8, 4) is 17.6 Å². The molecule has 0 amide bonds. The molecule has 6 heteroatoms. The van der Waals surface area contributed by atoms with Gasteiger partial charge in [-0.05, 0) is 55.2 Å². The summed E-state index contributed by atoms with van der Waals surface area (Å²) in [6.45, 7) is 1.99. The van der Waals surface area contributed by atoms with Crippen LogP contribution in [0, 0.1) is 29.6 Å². The van der Waals surface area contributed by atoms with Gasteiger partial charge >= 0.3 is 0 Å². The summed E-state index contributed by atoms with van der Waals surface area (Å²) in [5, 5.41) is 19.1. The fraction of sp³-hybridized carbons (Fsp3) is 0.320. The van der Waals surface area contributed by atoms with Crippen molar-refractivity contribution in [2.75, 3.05) is 19.1 Å². The van der Waals surface area contributed by atoms with E-state index in [1.54, 1.807) is 20.3 Å². The summed E-state index contributed by atoms with van der Waals surface area (Å²) in [5.74, 6) is 0.0549. The number of rotatable bonds is 4. The van der Waals surface area contributed by atoms with Crippen LogP contribution in [0.2, 0.25) is 0 Å². The number of Topliss-reactive ketones (excluding diaryl/α,β-unsaturated/α-hetero) is 1. The smallest absolute Gasteiger partial charge is 0.161 e. The van der Waals surface area contributed by atoms with Crippen LogP contribution in [0.15, 0.2) is 53.7 Å². The average Bonchev–Trinajstić information content (AvgIpc) is 2.78. The standard InChI is InChI=1S/C25H25N3O3/c1-15-6-4-7-17(12-15)28-19-8-5-9-20(29)24(19)23(18(14-26)25(28)27)16-10-11-21(30-2)22(13-16)31-3/h4,6-7,10-13,18,23,27H,5,8-9H2,1-3H3. The summed E-state index contributed by atoms with van der Waals surface area (Å²) in [4.78, 5) is 15.0. The van der Waals surface area contributed by atoms with Crippen LogP contribution in [-0.2, 0) is 4.79 Å². The Kier molecular flexibility index (Phi) is 5.51. The SMILES string of the molecule is COc1ccc(C2C3=C(CCCC3=O)N(c3cccc(C)c3)C(=N)C2C#N)cc1OC. The van der Waals surface area contributed by atoms with Crippen LogP contribution in [0.4, 0.5) is 5.69 Å². The second-order valence-electron chi connectivity index (χ2n) is 7.90. The van der Waals surface area contributed by atoms with Crippen molar-refractivity contribution in [2.45, 2.75) is 32.1 Å². The van der Waals surface area contributed by atoms with Gasteiger partial charge in [0.25, 0.3) is 0 Å². The fourth-order valence-electron chi connectivity index (χ4n) is 4.64. The first-order valence-corrected chi connectivity index (χ1v) is 10.3. The second kappa shape index (κ2) is 8.27. The van der Waals surface area contributed by atoms with Crippen molar-refractivity contribution in [3.63, 3.8) is 0 Å². The third-order valence-corrected chi connectivity index (χ3v) is 6.04. The van der Waals surface area contributed by atoms with Gasteiger partial charge < -0.3 is 14.4 Å². The highest BCUT2D eigenvalue weighted by Gasteiger charge is 2.45. The molecule has 0 radical (unpaired) electrons. The van der Waals surface area contributed by atoms with Gasteiger partial charge in [0, 0.05) is 29.3 Å². The third-order valence-electron chi connectivity index (χ3n) is 6.04. The minimum atomic E-state index is -0.792. The molecule has 0 bridgehead atoms. The van der Waals surface area contributed by atoms with Gasteiger partial charge in [-0.1, -0.05) is 18.2 Å². The Morgan fingerprint density at radius 1 is 1.10 bits per heavy atom. The monoisotopic (exact) mass is 415 g/mol. The van der Waals surface area contributed by atoms with Crippen LogP contribution < -0.4 is 14.4 Å². The third kappa shape index (κ3) is 3.46. The Labute approximate surface area is 182 Å². The number of carbonyl (C=O) groups excluding carboxylic acids is 1. The number of aryl methyl sites for hydroxylation is 1. The fourth-order valence-corrected chi connectivity index (χ4v) is 4.64. The lowest BCUT2D eigenvalue weighted by Gasteiger charge is -2.42. The van der Waals surface area contributed by atoms with E-state index in [9.17, 15) is 10.1 Å². The molecule has 2 aliphatic rings. The molecule has 0 spiro atoms. The molecule has 1 heterocycles. The molecule has 2 unspecified atom stereocenters. The maximum atomic E-state index is 13.2. The van der Waals surface area contributed by atoms with E-state index in [4.69, 9.17) is 14.9 Å². The molecule has 1 aliphatic carbocycles. The minimum Gasteiger partial charge on any atom is -0.493 e. The van der Waals surface area contributed by atoms with Crippen LogP contribution in [0.5, 0.6) is 11.5 Å². The van der Waals surface area contributed by atoms with Crippen molar-refractivity contribution < 1.29 is 14.3 Å². The minimum absolute atomic E-state index is 0.0476. The van der Waals surface area contributed by atoms with Crippen LogP contribution in [-0.4, -0.2) is 25.8 Å². The van der Waals surface area contributed by atoms with E-state index in [1.165, 1.54) is 0 Å². The van der Waals surface area contributed by atoms with E-state index >= 15 is 0 Å². The van der Waals surface area contributed by atoms with E-state index in [1.807, 2.05) is 48.2 Å². The van der Waals surface area contributed by atoms with Crippen molar-refractivity contribution in [3.05, 3.63) is 64.9 Å². The number of hydrogen-bond donors (Lipinski definition) is 1. The van der Waals surface area contributed by atoms with Crippen molar-refractivity contribution in [1.82, 2.24) is 0 Å². The number of allylic oxidation sites excluding steroid dienone is 2. The zero-order valence-electron chi connectivity index (χ0n) is 17.9. The number of methoxy groups -OCH3 is 2. The second-order valence-corrected chi connectivity index (χ2v) is 7.90. The summed E-state index contributed by atoms with van der Waals surface area (Å²) in [6.07, 6.45) is 1.89. The lowest BCUT2D eigenvalue weighted by molar-refractivity contribution is -0.116. The van der Waals surface area contributed by atoms with Gasteiger partial charge in [-0.3, -0.25) is 10.2 Å². The van der Waals surface area contributed by atoms with Crippen LogP contribution in [0.1, 0.15) is 36.3 Å². The number of amidine groups is 1. The topological polar surface area (TPSA) is 86.4 Å². The summed E-state index contributed by atoms with van der Waals surface area (Å²) in [7, 11) is 3.12. The van der Waals surface area contributed by atoms with Crippen LogP contribution in [0.25, 0.3) is 0 Å². The first-order valence-electron chi connectivity index (χ1n) is 10.3. The Bertz CT molecular complexity index is 1130. The normalized spacial score (nSPS) is 20.9. The average molecular weight is 415 g/mol. The van der Waals surface area contributed by atoms with Crippen molar-refractivity contribution in [1.29, 1.82) is 10.7 Å². The summed E-state index contributed by atoms with van der Waals surface area (Å²) >= 11 is 0. The highest BCUT2D eigenvalue weighted by molar-refractivity contribution is 6.10.